The zero-order valence-electron chi connectivity index (χ0n) is 41.7. The summed E-state index contributed by atoms with van der Waals surface area (Å²) in [6, 6.07) is 33.8. The molecule has 2 saturated heterocycles. The van der Waals surface area contributed by atoms with Crippen molar-refractivity contribution in [1.29, 1.82) is 0 Å². The van der Waals surface area contributed by atoms with Crippen molar-refractivity contribution in [2.75, 3.05) is 97.5 Å². The molecule has 1 N–H and O–H groups in total. The second-order valence-electron chi connectivity index (χ2n) is 17.7. The van der Waals surface area contributed by atoms with Gasteiger partial charge in [-0.25, -0.2) is 19.9 Å². The van der Waals surface area contributed by atoms with Crippen LogP contribution in [0.4, 0.5) is 17.6 Å². The predicted molar refractivity (Wildman–Crippen MR) is 282 cm³/mol. The van der Waals surface area contributed by atoms with Gasteiger partial charge in [0.1, 0.15) is 23.0 Å². The summed E-state index contributed by atoms with van der Waals surface area (Å²) in [6.45, 7) is 7.24. The Hall–Kier alpha value is -6.00. The van der Waals surface area contributed by atoms with E-state index in [1.807, 2.05) is 60.9 Å². The van der Waals surface area contributed by atoms with Crippen LogP contribution in [0, 0.1) is 0 Å². The first kappa shape index (κ1) is 52.4. The third-order valence-electron chi connectivity index (χ3n) is 12.5. The van der Waals surface area contributed by atoms with Gasteiger partial charge < -0.3 is 48.8 Å². The van der Waals surface area contributed by atoms with Crippen LogP contribution >= 0.6 is 15.9 Å². The van der Waals surface area contributed by atoms with Gasteiger partial charge in [0, 0.05) is 63.7 Å². The van der Waals surface area contributed by atoms with Gasteiger partial charge >= 0.3 is 0 Å². The average Bonchev–Trinajstić information content (AvgIpc) is 3.40. The number of nitrogens with one attached hydrogen (secondary N) is 1. The van der Waals surface area contributed by atoms with E-state index in [9.17, 15) is 0 Å². The van der Waals surface area contributed by atoms with Gasteiger partial charge in [-0.2, -0.15) is 0 Å². The number of hydrogen-bond acceptors (Lipinski definition) is 14. The topological polar surface area (TPSA) is 117 Å². The van der Waals surface area contributed by atoms with E-state index >= 15 is 0 Å². The maximum absolute atomic E-state index is 5.31. The molecule has 0 saturated carbocycles. The van der Waals surface area contributed by atoms with Crippen molar-refractivity contribution in [2.45, 2.75) is 63.9 Å². The first-order chi connectivity index (χ1) is 33.5. The summed E-state index contributed by atoms with van der Waals surface area (Å²) in [5, 5.41) is 3.34. The maximum atomic E-state index is 5.31. The number of halogens is 1. The van der Waals surface area contributed by atoms with Gasteiger partial charge in [-0.3, -0.25) is 0 Å². The predicted octanol–water partition coefficient (Wildman–Crippen LogP) is 8.99. The van der Waals surface area contributed by atoms with Crippen molar-refractivity contribution in [3.63, 3.8) is 0 Å². The van der Waals surface area contributed by atoms with E-state index in [0.29, 0.717) is 38.2 Å². The molecule has 0 spiro atoms. The van der Waals surface area contributed by atoms with Gasteiger partial charge in [0.25, 0.3) is 0 Å². The summed E-state index contributed by atoms with van der Waals surface area (Å²) < 4.78 is 21.9. The van der Waals surface area contributed by atoms with Crippen molar-refractivity contribution in [3.8, 4) is 23.0 Å². The number of piperidine rings is 2. The SMILES string of the molecule is CN(C)C1CCNCC1.COc1ccc(CN(Cc2ccc(OC)cc2)c2ncc(Br)cn2)cc1.COc1ccc(CN(Cc2ccc(OC)cc2)c2ncc(N3CCC(N(C)C)CC3)cn2)cc1. The van der Waals surface area contributed by atoms with Crippen LogP contribution in [0.25, 0.3) is 0 Å². The number of nitrogens with zero attached hydrogens (tertiary/aromatic N) is 9. The molecule has 2 aliphatic rings. The Kier molecular flexibility index (Phi) is 20.7. The summed E-state index contributed by atoms with van der Waals surface area (Å²) in [5.74, 6) is 4.79. The van der Waals surface area contributed by atoms with Crippen molar-refractivity contribution in [1.82, 2.24) is 35.1 Å². The van der Waals surface area contributed by atoms with Crippen molar-refractivity contribution < 1.29 is 18.9 Å². The third-order valence-corrected chi connectivity index (χ3v) is 12.9. The van der Waals surface area contributed by atoms with Gasteiger partial charge in [-0.15, -0.1) is 0 Å². The molecule has 0 amide bonds. The molecule has 8 rings (SSSR count). The molecule has 14 nitrogen and oxygen atoms in total. The number of anilines is 3. The van der Waals surface area contributed by atoms with Crippen LogP contribution in [0.15, 0.2) is 126 Å². The van der Waals surface area contributed by atoms with Gasteiger partial charge in [-0.05, 0) is 154 Å². The average molecular weight is 1000 g/mol. The van der Waals surface area contributed by atoms with Gasteiger partial charge in [0.2, 0.25) is 11.9 Å². The van der Waals surface area contributed by atoms with E-state index in [2.05, 4.69) is 132 Å². The molecule has 6 aromatic rings. The lowest BCUT2D eigenvalue weighted by molar-refractivity contribution is 0.238. The lowest BCUT2D eigenvalue weighted by Gasteiger charge is -2.36. The zero-order valence-corrected chi connectivity index (χ0v) is 43.3. The number of methoxy groups -OCH3 is 4. The van der Waals surface area contributed by atoms with Crippen LogP contribution in [0.5, 0.6) is 23.0 Å². The second-order valence-corrected chi connectivity index (χ2v) is 18.6. The molecule has 0 atom stereocenters. The molecule has 0 radical (unpaired) electrons. The highest BCUT2D eigenvalue weighted by molar-refractivity contribution is 9.10. The molecular weight excluding hydrogens is 933 g/mol. The molecule has 4 aromatic carbocycles. The van der Waals surface area contributed by atoms with E-state index in [0.717, 1.165) is 82.2 Å². The molecule has 0 unspecified atom stereocenters. The summed E-state index contributed by atoms with van der Waals surface area (Å²) in [4.78, 5) is 29.8. The lowest BCUT2D eigenvalue weighted by Crippen LogP contribution is -2.42. The Morgan fingerprint density at radius 1 is 0.478 bits per heavy atom. The normalized spacial score (nSPS) is 14.0. The van der Waals surface area contributed by atoms with E-state index in [1.165, 1.54) is 37.1 Å². The Labute approximate surface area is 418 Å². The summed E-state index contributed by atoms with van der Waals surface area (Å²) >= 11 is 3.39. The van der Waals surface area contributed by atoms with Crippen LogP contribution < -0.4 is 39.0 Å². The Morgan fingerprint density at radius 3 is 1.07 bits per heavy atom. The monoisotopic (exact) mass is 1000 g/mol. The van der Waals surface area contributed by atoms with E-state index in [-0.39, 0.29) is 0 Å². The molecule has 2 aromatic heterocycles. The lowest BCUT2D eigenvalue weighted by atomic mass is 10.0. The van der Waals surface area contributed by atoms with Crippen LogP contribution in [-0.2, 0) is 26.2 Å². The van der Waals surface area contributed by atoms with Gasteiger partial charge in [-0.1, -0.05) is 48.5 Å². The molecule has 69 heavy (non-hydrogen) atoms. The first-order valence-corrected chi connectivity index (χ1v) is 24.4. The summed E-state index contributed by atoms with van der Waals surface area (Å²) in [7, 11) is 15.4. The smallest absolute Gasteiger partial charge is 0.225 e. The Bertz CT molecular complexity index is 2240. The van der Waals surface area contributed by atoms with Crippen LogP contribution in [-0.4, -0.2) is 125 Å². The second kappa shape index (κ2) is 27.3. The fourth-order valence-electron chi connectivity index (χ4n) is 8.27. The first-order valence-electron chi connectivity index (χ1n) is 23.6. The largest absolute Gasteiger partial charge is 0.497 e. The quantitative estimate of drug-likeness (QED) is 0.0937. The summed E-state index contributed by atoms with van der Waals surface area (Å²) in [5.41, 5.74) is 5.76. The molecule has 0 bridgehead atoms. The van der Waals surface area contributed by atoms with E-state index in [4.69, 9.17) is 28.9 Å². The molecule has 2 aliphatic heterocycles. The van der Waals surface area contributed by atoms with E-state index < -0.39 is 0 Å². The minimum absolute atomic E-state index is 0.654. The zero-order chi connectivity index (χ0) is 49.0. The molecule has 2 fully saturated rings. The van der Waals surface area contributed by atoms with Crippen LogP contribution in [0.3, 0.4) is 0 Å². The van der Waals surface area contributed by atoms with Crippen molar-refractivity contribution >= 4 is 33.5 Å². The third kappa shape index (κ3) is 16.6. The number of ether oxygens (including phenoxy) is 4. The molecular formula is C54H71BrN10O4. The Morgan fingerprint density at radius 2 is 0.783 bits per heavy atom. The number of hydrogen-bond donors (Lipinski definition) is 1. The van der Waals surface area contributed by atoms with Crippen LogP contribution in [0.2, 0.25) is 0 Å². The van der Waals surface area contributed by atoms with E-state index in [1.54, 1.807) is 40.8 Å². The van der Waals surface area contributed by atoms with Crippen LogP contribution in [0.1, 0.15) is 47.9 Å². The standard InChI is InChI=1S/C27H35N5O2.C20H20BrN3O2.C7H16N2/c1-30(2)23-13-15-31(16-14-23)24-17-28-27(29-18-24)32(19-21-5-9-25(33-3)10-6-21)20-22-7-11-26(34-4)12-8-22;1-25-18-7-3-15(4-8-18)13-24(20-22-11-17(21)12-23-20)14-16-5-9-19(26-2)10-6-16;1-9(2)7-3-5-8-6-4-7/h5-12,17-18,23H,13-16,19-20H2,1-4H3;3-12H,13-14H2,1-2H3;7-8H,3-6H2,1-2H3. The fraction of sp³-hybridized carbons (Fsp3) is 0.407. The van der Waals surface area contributed by atoms with Crippen molar-refractivity contribution in [3.05, 3.63) is 149 Å². The Balaban J connectivity index is 0.000000196. The minimum atomic E-state index is 0.654. The minimum Gasteiger partial charge on any atom is -0.497 e. The highest BCUT2D eigenvalue weighted by atomic mass is 79.9. The molecule has 4 heterocycles. The highest BCUT2D eigenvalue weighted by Gasteiger charge is 2.22. The number of benzene rings is 4. The molecule has 0 aliphatic carbocycles. The number of rotatable bonds is 17. The van der Waals surface area contributed by atoms with Gasteiger partial charge in [0.05, 0.1) is 51.0 Å². The number of aromatic nitrogens is 4. The fourth-order valence-corrected chi connectivity index (χ4v) is 8.48. The highest BCUT2D eigenvalue weighted by Crippen LogP contribution is 2.25. The molecule has 368 valence electrons. The molecule has 15 heteroatoms. The summed E-state index contributed by atoms with van der Waals surface area (Å²) in [6.07, 6.45) is 12.4. The van der Waals surface area contributed by atoms with Gasteiger partial charge in [0.15, 0.2) is 0 Å². The maximum Gasteiger partial charge on any atom is 0.225 e. The van der Waals surface area contributed by atoms with Crippen molar-refractivity contribution in [2.24, 2.45) is 0 Å².